The van der Waals surface area contributed by atoms with E-state index in [1.165, 1.54) is 6.92 Å². The summed E-state index contributed by atoms with van der Waals surface area (Å²) in [6.07, 6.45) is 6.11. The second-order valence-corrected chi connectivity index (χ2v) is 6.47. The van der Waals surface area contributed by atoms with E-state index in [0.717, 1.165) is 28.4 Å². The van der Waals surface area contributed by atoms with Crippen molar-refractivity contribution < 1.29 is 9.53 Å². The van der Waals surface area contributed by atoms with Crippen LogP contribution in [-0.4, -0.2) is 21.6 Å². The molecule has 0 spiro atoms. The molecule has 0 bridgehead atoms. The average Bonchev–Trinajstić information content (AvgIpc) is 3.11. The summed E-state index contributed by atoms with van der Waals surface area (Å²) in [7, 11) is 0. The molecule has 1 atom stereocenters. The molecule has 26 heavy (non-hydrogen) atoms. The van der Waals surface area contributed by atoms with E-state index in [4.69, 9.17) is 16.3 Å². The number of anilines is 1. The van der Waals surface area contributed by atoms with Crippen LogP contribution < -0.4 is 10.1 Å². The van der Waals surface area contributed by atoms with E-state index in [1.807, 2.05) is 59.3 Å². The molecule has 5 nitrogen and oxygen atoms in total. The molecular formula is C20H20ClN3O2. The minimum absolute atomic E-state index is 0.0722. The van der Waals surface area contributed by atoms with Crippen LogP contribution >= 0.6 is 11.6 Å². The first kappa shape index (κ1) is 18.0. The van der Waals surface area contributed by atoms with E-state index < -0.39 is 0 Å². The number of carbonyl (C=O) groups excluding carboxylic acids is 1. The smallest absolute Gasteiger partial charge is 0.221 e. The first-order valence-corrected chi connectivity index (χ1v) is 8.71. The van der Waals surface area contributed by atoms with Gasteiger partial charge in [-0.1, -0.05) is 23.7 Å². The van der Waals surface area contributed by atoms with Crippen LogP contribution in [0, 0.1) is 0 Å². The molecule has 0 fully saturated rings. The van der Waals surface area contributed by atoms with Crippen molar-refractivity contribution in [3.8, 4) is 5.75 Å². The summed E-state index contributed by atoms with van der Waals surface area (Å²) in [5.41, 5.74) is 1.89. The van der Waals surface area contributed by atoms with Gasteiger partial charge in [0.2, 0.25) is 5.91 Å². The highest BCUT2D eigenvalue weighted by molar-refractivity contribution is 6.30. The fourth-order valence-electron chi connectivity index (χ4n) is 2.67. The summed E-state index contributed by atoms with van der Waals surface area (Å²) in [6, 6.07) is 15.1. The molecule has 1 unspecified atom stereocenters. The number of halogens is 1. The minimum Gasteiger partial charge on any atom is -0.488 e. The van der Waals surface area contributed by atoms with Gasteiger partial charge >= 0.3 is 0 Å². The number of hydrogen-bond acceptors (Lipinski definition) is 3. The summed E-state index contributed by atoms with van der Waals surface area (Å²) in [4.78, 5) is 15.2. The van der Waals surface area contributed by atoms with Crippen LogP contribution in [0.4, 0.5) is 5.69 Å². The maximum atomic E-state index is 11.1. The van der Waals surface area contributed by atoms with Crippen molar-refractivity contribution in [3.63, 3.8) is 0 Å². The van der Waals surface area contributed by atoms with Crippen LogP contribution in [0.5, 0.6) is 5.75 Å². The molecule has 2 aromatic carbocycles. The number of benzene rings is 2. The molecular weight excluding hydrogens is 350 g/mol. The number of nitrogens with one attached hydrogen (secondary N) is 1. The number of rotatable bonds is 7. The molecule has 3 aromatic rings. The summed E-state index contributed by atoms with van der Waals surface area (Å²) in [6.45, 7) is 2.16. The van der Waals surface area contributed by atoms with Gasteiger partial charge < -0.3 is 14.6 Å². The van der Waals surface area contributed by atoms with Crippen molar-refractivity contribution in [1.82, 2.24) is 9.55 Å². The van der Waals surface area contributed by atoms with Gasteiger partial charge in [-0.3, -0.25) is 4.79 Å². The van der Waals surface area contributed by atoms with Gasteiger partial charge in [-0.05, 0) is 42.0 Å². The van der Waals surface area contributed by atoms with Crippen molar-refractivity contribution in [2.45, 2.75) is 26.0 Å². The van der Waals surface area contributed by atoms with Crippen molar-refractivity contribution in [1.29, 1.82) is 0 Å². The van der Waals surface area contributed by atoms with Crippen LogP contribution in [-0.2, 0) is 17.8 Å². The quantitative estimate of drug-likeness (QED) is 0.679. The fraction of sp³-hybridized carbons (Fsp3) is 0.200. The number of imidazole rings is 1. The number of hydrogen-bond donors (Lipinski definition) is 1. The third-order valence-corrected chi connectivity index (χ3v) is 4.08. The first-order valence-electron chi connectivity index (χ1n) is 8.33. The second-order valence-electron chi connectivity index (χ2n) is 6.04. The Morgan fingerprint density at radius 3 is 2.54 bits per heavy atom. The van der Waals surface area contributed by atoms with E-state index in [2.05, 4.69) is 10.3 Å². The standard InChI is InChI=1S/C20H20ClN3O2/c1-15(25)23-18-6-8-19(9-7-18)26-20(13-24-11-10-22-14-24)12-16-2-4-17(21)5-3-16/h2-11,14,20H,12-13H2,1H3,(H,23,25). The third kappa shape index (κ3) is 5.36. The Bertz CT molecular complexity index is 831. The molecule has 1 heterocycles. The Kier molecular flexibility index (Phi) is 5.92. The Balaban J connectivity index is 1.72. The van der Waals surface area contributed by atoms with Gasteiger partial charge in [0, 0.05) is 36.4 Å². The van der Waals surface area contributed by atoms with Crippen LogP contribution in [0.25, 0.3) is 0 Å². The number of ether oxygens (including phenoxy) is 1. The lowest BCUT2D eigenvalue weighted by atomic mass is 10.1. The molecule has 1 amide bonds. The fourth-order valence-corrected chi connectivity index (χ4v) is 2.80. The molecule has 6 heteroatoms. The number of carbonyl (C=O) groups is 1. The van der Waals surface area contributed by atoms with Gasteiger partial charge in [0.25, 0.3) is 0 Å². The largest absolute Gasteiger partial charge is 0.488 e. The van der Waals surface area contributed by atoms with Crippen LogP contribution in [0.2, 0.25) is 5.02 Å². The number of aromatic nitrogens is 2. The van der Waals surface area contributed by atoms with Gasteiger partial charge in [-0.2, -0.15) is 0 Å². The molecule has 0 aliphatic rings. The second kappa shape index (κ2) is 8.54. The molecule has 134 valence electrons. The summed E-state index contributed by atoms with van der Waals surface area (Å²) >= 11 is 5.97. The van der Waals surface area contributed by atoms with Gasteiger partial charge in [-0.15, -0.1) is 0 Å². The normalized spacial score (nSPS) is 11.8. The molecule has 0 aliphatic carbocycles. The van der Waals surface area contributed by atoms with E-state index >= 15 is 0 Å². The summed E-state index contributed by atoms with van der Waals surface area (Å²) in [5, 5.41) is 3.46. The molecule has 1 aromatic heterocycles. The monoisotopic (exact) mass is 369 g/mol. The maximum Gasteiger partial charge on any atom is 0.221 e. The van der Waals surface area contributed by atoms with E-state index in [1.54, 1.807) is 12.5 Å². The SMILES string of the molecule is CC(=O)Nc1ccc(OC(Cc2ccc(Cl)cc2)Cn2ccnc2)cc1. The Labute approximate surface area is 157 Å². The van der Waals surface area contributed by atoms with Gasteiger partial charge in [-0.25, -0.2) is 4.98 Å². The van der Waals surface area contributed by atoms with E-state index in [9.17, 15) is 4.79 Å². The van der Waals surface area contributed by atoms with Gasteiger partial charge in [0.05, 0.1) is 12.9 Å². The predicted molar refractivity (Wildman–Crippen MR) is 103 cm³/mol. The Morgan fingerprint density at radius 2 is 1.92 bits per heavy atom. The van der Waals surface area contributed by atoms with Gasteiger partial charge in [0.1, 0.15) is 11.9 Å². The van der Waals surface area contributed by atoms with Crippen LogP contribution in [0.3, 0.4) is 0 Å². The highest BCUT2D eigenvalue weighted by Gasteiger charge is 2.13. The van der Waals surface area contributed by atoms with E-state index in [0.29, 0.717) is 6.54 Å². The lowest BCUT2D eigenvalue weighted by molar-refractivity contribution is -0.114. The third-order valence-electron chi connectivity index (χ3n) is 3.83. The Morgan fingerprint density at radius 1 is 1.19 bits per heavy atom. The zero-order valence-corrected chi connectivity index (χ0v) is 15.2. The zero-order chi connectivity index (χ0) is 18.4. The van der Waals surface area contributed by atoms with Crippen molar-refractivity contribution in [2.24, 2.45) is 0 Å². The molecule has 1 N–H and O–H groups in total. The lowest BCUT2D eigenvalue weighted by Gasteiger charge is -2.20. The predicted octanol–water partition coefficient (Wildman–Crippen LogP) is 4.19. The molecule has 0 radical (unpaired) electrons. The number of nitrogens with zero attached hydrogens (tertiary/aromatic N) is 2. The van der Waals surface area contributed by atoms with Gasteiger partial charge in [0.15, 0.2) is 0 Å². The highest BCUT2D eigenvalue weighted by atomic mass is 35.5. The van der Waals surface area contributed by atoms with Crippen molar-refractivity contribution >= 4 is 23.2 Å². The van der Waals surface area contributed by atoms with E-state index in [-0.39, 0.29) is 12.0 Å². The zero-order valence-electron chi connectivity index (χ0n) is 14.4. The molecule has 0 aliphatic heterocycles. The topological polar surface area (TPSA) is 56.1 Å². The average molecular weight is 370 g/mol. The summed E-state index contributed by atoms with van der Waals surface area (Å²) in [5.74, 6) is 0.651. The van der Waals surface area contributed by atoms with Crippen molar-refractivity contribution in [2.75, 3.05) is 5.32 Å². The minimum atomic E-state index is -0.0978. The molecule has 0 saturated carbocycles. The van der Waals surface area contributed by atoms with Crippen molar-refractivity contribution in [3.05, 3.63) is 77.8 Å². The lowest BCUT2D eigenvalue weighted by Crippen LogP contribution is -2.25. The summed E-state index contributed by atoms with van der Waals surface area (Å²) < 4.78 is 8.18. The molecule has 3 rings (SSSR count). The Hall–Kier alpha value is -2.79. The van der Waals surface area contributed by atoms with Crippen LogP contribution in [0.15, 0.2) is 67.3 Å². The number of amides is 1. The maximum absolute atomic E-state index is 11.1. The highest BCUT2D eigenvalue weighted by Crippen LogP contribution is 2.20. The van der Waals surface area contributed by atoms with Crippen LogP contribution in [0.1, 0.15) is 12.5 Å². The molecule has 0 saturated heterocycles. The first-order chi connectivity index (χ1) is 12.6.